The first kappa shape index (κ1) is 25.4. The highest BCUT2D eigenvalue weighted by atomic mass is 32.2. The maximum absolute atomic E-state index is 11.0. The molecule has 0 radical (unpaired) electrons. The molecule has 4 heterocycles. The minimum absolute atomic E-state index is 0.309. The number of nitrogens with zero attached hydrogens (tertiary/aromatic N) is 4. The molecule has 10 nitrogen and oxygen atoms in total. The van der Waals surface area contributed by atoms with E-state index < -0.39 is 24.5 Å². The maximum atomic E-state index is 11.0. The fourth-order valence-corrected chi connectivity index (χ4v) is 6.10. The molecule has 0 aliphatic carbocycles. The van der Waals surface area contributed by atoms with Crippen molar-refractivity contribution in [1.29, 1.82) is 0 Å². The Labute approximate surface area is 228 Å². The summed E-state index contributed by atoms with van der Waals surface area (Å²) in [5.74, 6) is 2.11. The van der Waals surface area contributed by atoms with Gasteiger partial charge in [-0.3, -0.25) is 0 Å². The predicted octanol–water partition coefficient (Wildman–Crippen LogP) is 3.78. The van der Waals surface area contributed by atoms with Gasteiger partial charge < -0.3 is 35.5 Å². The standard InChI is InChI=1S/C28H28N6O4S/c1-15-20(25(38-33-15)17-5-3-2-4-6-17)12-39-13-21-23(35)24(36)28(37-21)34-11-19(16-7-9-18(29)10-8-16)22-26(30)31-14-32-27(22)34/h2-11,14,21,23-24,28,35-36H,12-13,29H2,1H3,(H2,30,31,32)/t21-,23-,24-,28-/m1/s1. The summed E-state index contributed by atoms with van der Waals surface area (Å²) in [5, 5.41) is 26.7. The Morgan fingerprint density at radius 2 is 1.74 bits per heavy atom. The van der Waals surface area contributed by atoms with E-state index in [-0.39, 0.29) is 0 Å². The summed E-state index contributed by atoms with van der Waals surface area (Å²) in [7, 11) is 0. The van der Waals surface area contributed by atoms with Crippen molar-refractivity contribution in [2.75, 3.05) is 17.2 Å². The molecule has 6 rings (SSSR count). The largest absolute Gasteiger partial charge is 0.399 e. The number of rotatable bonds is 7. The highest BCUT2D eigenvalue weighted by Gasteiger charge is 2.44. The Morgan fingerprint density at radius 3 is 2.51 bits per heavy atom. The van der Waals surface area contributed by atoms with Gasteiger partial charge in [0.2, 0.25) is 0 Å². The number of anilines is 2. The SMILES string of the molecule is Cc1noc(-c2ccccc2)c1CSC[C@H]1O[C@@H](n2cc(-c3ccc(N)cc3)c3c(N)ncnc32)[C@H](O)[C@@H]1O. The topological polar surface area (TPSA) is 158 Å². The lowest BCUT2D eigenvalue weighted by atomic mass is 10.1. The van der Waals surface area contributed by atoms with Gasteiger partial charge in [-0.2, -0.15) is 11.8 Å². The summed E-state index contributed by atoms with van der Waals surface area (Å²) in [6, 6.07) is 17.2. The normalized spacial score (nSPS) is 21.1. The van der Waals surface area contributed by atoms with Gasteiger partial charge in [-0.1, -0.05) is 47.6 Å². The molecule has 1 fully saturated rings. The fraction of sp³-hybridized carbons (Fsp3) is 0.250. The summed E-state index contributed by atoms with van der Waals surface area (Å²) >= 11 is 1.58. The summed E-state index contributed by atoms with van der Waals surface area (Å²) in [6.07, 6.45) is -0.522. The zero-order valence-corrected chi connectivity index (χ0v) is 22.0. The predicted molar refractivity (Wildman–Crippen MR) is 151 cm³/mol. The second-order valence-electron chi connectivity index (χ2n) is 9.53. The quantitative estimate of drug-likeness (QED) is 0.222. The smallest absolute Gasteiger partial charge is 0.171 e. The molecule has 0 spiro atoms. The van der Waals surface area contributed by atoms with Crippen molar-refractivity contribution in [2.45, 2.75) is 37.2 Å². The number of fused-ring (bicyclic) bond motifs is 1. The fourth-order valence-electron chi connectivity index (χ4n) is 4.93. The number of nitrogens with two attached hydrogens (primary N) is 2. The van der Waals surface area contributed by atoms with Crippen LogP contribution in [-0.2, 0) is 10.5 Å². The Morgan fingerprint density at radius 1 is 0.974 bits per heavy atom. The zero-order valence-electron chi connectivity index (χ0n) is 21.1. The van der Waals surface area contributed by atoms with E-state index >= 15 is 0 Å². The number of aromatic nitrogens is 4. The van der Waals surface area contributed by atoms with E-state index in [0.717, 1.165) is 33.7 Å². The monoisotopic (exact) mass is 544 g/mol. The van der Waals surface area contributed by atoms with Gasteiger partial charge in [0.05, 0.1) is 17.2 Å². The van der Waals surface area contributed by atoms with E-state index in [0.29, 0.717) is 34.0 Å². The molecule has 0 unspecified atom stereocenters. The van der Waals surface area contributed by atoms with Crippen LogP contribution in [0.1, 0.15) is 17.5 Å². The number of aliphatic hydroxyl groups excluding tert-OH is 2. The van der Waals surface area contributed by atoms with E-state index in [9.17, 15) is 10.2 Å². The van der Waals surface area contributed by atoms with Crippen LogP contribution in [0.15, 0.2) is 71.6 Å². The van der Waals surface area contributed by atoms with Crippen LogP contribution in [0.5, 0.6) is 0 Å². The number of hydrogen-bond acceptors (Lipinski definition) is 10. The third-order valence-corrected chi connectivity index (χ3v) is 8.08. The van der Waals surface area contributed by atoms with Crippen LogP contribution in [0.25, 0.3) is 33.5 Å². The van der Waals surface area contributed by atoms with Gasteiger partial charge in [0.25, 0.3) is 0 Å². The first-order valence-corrected chi connectivity index (χ1v) is 13.6. The van der Waals surface area contributed by atoms with Crippen molar-refractivity contribution in [3.8, 4) is 22.5 Å². The Hall–Kier alpha value is -3.90. The van der Waals surface area contributed by atoms with E-state index in [4.69, 9.17) is 20.7 Å². The van der Waals surface area contributed by atoms with Gasteiger partial charge in [0.1, 0.15) is 30.0 Å². The average molecular weight is 545 g/mol. The second-order valence-corrected chi connectivity index (χ2v) is 10.6. The van der Waals surface area contributed by atoms with Crippen LogP contribution in [0, 0.1) is 6.92 Å². The molecule has 0 amide bonds. The van der Waals surface area contributed by atoms with Gasteiger partial charge in [0, 0.05) is 40.1 Å². The highest BCUT2D eigenvalue weighted by molar-refractivity contribution is 7.98. The Balaban J connectivity index is 1.23. The number of aliphatic hydroxyl groups is 2. The van der Waals surface area contributed by atoms with E-state index in [1.165, 1.54) is 6.33 Å². The van der Waals surface area contributed by atoms with E-state index in [2.05, 4.69) is 15.1 Å². The molecule has 6 N–H and O–H groups in total. The zero-order chi connectivity index (χ0) is 27.1. The number of aryl methyl sites for hydroxylation is 1. The average Bonchev–Trinajstić information content (AvgIpc) is 3.60. The van der Waals surface area contributed by atoms with Gasteiger partial charge in [-0.15, -0.1) is 0 Å². The molecule has 1 saturated heterocycles. The molecule has 11 heteroatoms. The summed E-state index contributed by atoms with van der Waals surface area (Å²) in [6.45, 7) is 1.91. The summed E-state index contributed by atoms with van der Waals surface area (Å²) in [5.41, 5.74) is 17.7. The summed E-state index contributed by atoms with van der Waals surface area (Å²) in [4.78, 5) is 8.59. The van der Waals surface area contributed by atoms with Crippen molar-refractivity contribution in [3.05, 3.63) is 78.4 Å². The molecule has 0 bridgehead atoms. The van der Waals surface area contributed by atoms with Crippen LogP contribution in [-0.4, -0.2) is 54.0 Å². The molecule has 1 aliphatic heterocycles. The molecule has 1 aliphatic rings. The lowest BCUT2D eigenvalue weighted by Gasteiger charge is -2.17. The minimum atomic E-state index is -1.17. The van der Waals surface area contributed by atoms with Gasteiger partial charge in [-0.05, 0) is 24.6 Å². The Bertz CT molecular complexity index is 1600. The number of thioether (sulfide) groups is 1. The first-order valence-electron chi connectivity index (χ1n) is 12.5. The molecule has 200 valence electrons. The van der Waals surface area contributed by atoms with Crippen LogP contribution in [0.4, 0.5) is 11.5 Å². The van der Waals surface area contributed by atoms with Gasteiger partial charge >= 0.3 is 0 Å². The van der Waals surface area contributed by atoms with E-state index in [1.54, 1.807) is 28.5 Å². The van der Waals surface area contributed by atoms with E-state index in [1.807, 2.05) is 55.6 Å². The van der Waals surface area contributed by atoms with Gasteiger partial charge in [-0.25, -0.2) is 9.97 Å². The third kappa shape index (κ3) is 4.63. The maximum Gasteiger partial charge on any atom is 0.171 e. The van der Waals surface area contributed by atoms with Crippen LogP contribution in [0.2, 0.25) is 0 Å². The molecule has 2 aromatic carbocycles. The highest BCUT2D eigenvalue weighted by Crippen LogP contribution is 2.39. The minimum Gasteiger partial charge on any atom is -0.399 e. The second kappa shape index (κ2) is 10.3. The van der Waals surface area contributed by atoms with Crippen molar-refractivity contribution in [2.24, 2.45) is 0 Å². The molecular formula is C28H28N6O4S. The summed E-state index contributed by atoms with van der Waals surface area (Å²) < 4.78 is 13.5. The van der Waals surface area contributed by atoms with Crippen LogP contribution < -0.4 is 11.5 Å². The molecular weight excluding hydrogens is 516 g/mol. The van der Waals surface area contributed by atoms with Crippen LogP contribution in [0.3, 0.4) is 0 Å². The van der Waals surface area contributed by atoms with Gasteiger partial charge in [0.15, 0.2) is 12.0 Å². The van der Waals surface area contributed by atoms with Crippen molar-refractivity contribution in [1.82, 2.24) is 19.7 Å². The lowest BCUT2D eigenvalue weighted by Crippen LogP contribution is -2.32. The number of benzene rings is 2. The van der Waals surface area contributed by atoms with Crippen molar-refractivity contribution in [3.63, 3.8) is 0 Å². The number of hydrogen-bond donors (Lipinski definition) is 4. The molecule has 4 atom stereocenters. The van der Waals surface area contributed by atoms with Crippen molar-refractivity contribution >= 4 is 34.3 Å². The lowest BCUT2D eigenvalue weighted by molar-refractivity contribution is -0.0285. The Kier molecular flexibility index (Phi) is 6.73. The van der Waals surface area contributed by atoms with Crippen molar-refractivity contribution < 1.29 is 19.5 Å². The number of nitrogen functional groups attached to an aromatic ring is 2. The molecule has 3 aromatic heterocycles. The molecule has 5 aromatic rings. The van der Waals surface area contributed by atoms with Crippen LogP contribution >= 0.6 is 11.8 Å². The first-order chi connectivity index (χ1) is 18.9. The molecule has 39 heavy (non-hydrogen) atoms. The number of ether oxygens (including phenoxy) is 1. The third-order valence-electron chi connectivity index (χ3n) is 7.02. The molecule has 0 saturated carbocycles.